The first-order valence-electron chi connectivity index (χ1n) is 11.4. The summed E-state index contributed by atoms with van der Waals surface area (Å²) in [4.78, 5) is 25.4. The van der Waals surface area contributed by atoms with E-state index in [1.54, 1.807) is 10.9 Å². The van der Waals surface area contributed by atoms with E-state index in [1.165, 1.54) is 6.33 Å². The molecule has 1 spiro atoms. The first kappa shape index (κ1) is 20.5. The number of carbonyl (C=O) groups is 1. The SMILES string of the molecule is O=C(O)[C@H]1O[C@@H](n2cnc3c(Nc4ccccc4)ncnc32)[C@H]2OC3(Cc4ccccc4C3)OC12. The van der Waals surface area contributed by atoms with Crippen LogP contribution in [0.2, 0.25) is 0 Å². The minimum atomic E-state index is -1.17. The van der Waals surface area contributed by atoms with E-state index in [9.17, 15) is 9.90 Å². The fourth-order valence-electron chi connectivity index (χ4n) is 5.34. The molecular weight excluding hydrogens is 450 g/mol. The summed E-state index contributed by atoms with van der Waals surface area (Å²) in [5.74, 6) is -1.46. The number of nitrogens with zero attached hydrogens (tertiary/aromatic N) is 4. The molecule has 176 valence electrons. The number of para-hydroxylation sites is 1. The zero-order chi connectivity index (χ0) is 23.6. The third kappa shape index (κ3) is 3.22. The van der Waals surface area contributed by atoms with Crippen molar-refractivity contribution in [2.75, 3.05) is 5.32 Å². The van der Waals surface area contributed by atoms with Crippen LogP contribution in [0.4, 0.5) is 11.5 Å². The second kappa shape index (κ2) is 7.57. The Morgan fingerprint density at radius 2 is 1.69 bits per heavy atom. The van der Waals surface area contributed by atoms with Gasteiger partial charge in [-0.2, -0.15) is 0 Å². The van der Waals surface area contributed by atoms with E-state index >= 15 is 0 Å². The number of anilines is 2. The fourth-order valence-corrected chi connectivity index (χ4v) is 5.34. The summed E-state index contributed by atoms with van der Waals surface area (Å²) in [6.45, 7) is 0. The topological polar surface area (TPSA) is 121 Å². The maximum atomic E-state index is 12.1. The molecule has 0 saturated carbocycles. The Bertz CT molecular complexity index is 1420. The second-order valence-electron chi connectivity index (χ2n) is 9.02. The largest absolute Gasteiger partial charge is 0.479 e. The van der Waals surface area contributed by atoms with Crippen LogP contribution in [0.3, 0.4) is 0 Å². The summed E-state index contributed by atoms with van der Waals surface area (Å²) in [6, 6.07) is 17.7. The molecule has 0 bridgehead atoms. The number of fused-ring (bicyclic) bond motifs is 3. The smallest absolute Gasteiger partial charge is 0.335 e. The summed E-state index contributed by atoms with van der Waals surface area (Å²) in [6.07, 6.45) is 0.813. The lowest BCUT2D eigenvalue weighted by Gasteiger charge is -2.26. The standard InChI is InChI=1S/C25H21N5O5/c31-24(32)20-18-19(35-25(34-18)10-14-6-4-5-7-15(14)11-25)23(33-20)30-13-28-17-21(26-12-27-22(17)30)29-16-8-2-1-3-9-16/h1-9,12-13,18-20,23H,10-11H2,(H,31,32)(H,26,27,29)/t18?,19-,20-,23+/m0/s1. The van der Waals surface area contributed by atoms with Gasteiger partial charge < -0.3 is 24.6 Å². The van der Waals surface area contributed by atoms with E-state index in [-0.39, 0.29) is 0 Å². The zero-order valence-corrected chi connectivity index (χ0v) is 18.4. The van der Waals surface area contributed by atoms with Crippen LogP contribution in [0.25, 0.3) is 11.2 Å². The normalized spacial score (nSPS) is 26.2. The lowest BCUT2D eigenvalue weighted by Crippen LogP contribution is -2.38. The number of carboxylic acid groups (broad SMARTS) is 1. The van der Waals surface area contributed by atoms with Crippen molar-refractivity contribution in [3.63, 3.8) is 0 Å². The van der Waals surface area contributed by atoms with Gasteiger partial charge in [-0.25, -0.2) is 19.7 Å². The van der Waals surface area contributed by atoms with Crippen LogP contribution in [-0.4, -0.2) is 54.7 Å². The Balaban J connectivity index is 1.24. The van der Waals surface area contributed by atoms with Crippen LogP contribution < -0.4 is 5.32 Å². The lowest BCUT2D eigenvalue weighted by atomic mass is 10.1. The Hall–Kier alpha value is -3.86. The van der Waals surface area contributed by atoms with Crippen molar-refractivity contribution >= 4 is 28.6 Å². The van der Waals surface area contributed by atoms with E-state index in [4.69, 9.17) is 14.2 Å². The molecule has 2 aliphatic heterocycles. The number of aromatic nitrogens is 4. The predicted octanol–water partition coefficient (Wildman–Crippen LogP) is 2.83. The second-order valence-corrected chi connectivity index (χ2v) is 9.02. The summed E-state index contributed by atoms with van der Waals surface area (Å²) >= 11 is 0. The molecule has 0 radical (unpaired) electrons. The van der Waals surface area contributed by atoms with Crippen LogP contribution in [-0.2, 0) is 31.8 Å². The zero-order valence-electron chi connectivity index (χ0n) is 18.4. The fraction of sp³-hybridized carbons (Fsp3) is 0.280. The van der Waals surface area contributed by atoms with Gasteiger partial charge in [-0.15, -0.1) is 0 Å². The highest BCUT2D eigenvalue weighted by Crippen LogP contribution is 2.48. The van der Waals surface area contributed by atoms with Gasteiger partial charge in [0.15, 0.2) is 35.1 Å². The first-order valence-corrected chi connectivity index (χ1v) is 11.4. The van der Waals surface area contributed by atoms with E-state index in [0.29, 0.717) is 29.8 Å². The molecule has 10 heteroatoms. The quantitative estimate of drug-likeness (QED) is 0.463. The number of nitrogens with one attached hydrogen (secondary N) is 1. The van der Waals surface area contributed by atoms with Crippen LogP contribution >= 0.6 is 0 Å². The number of ether oxygens (including phenoxy) is 3. The molecule has 35 heavy (non-hydrogen) atoms. The minimum Gasteiger partial charge on any atom is -0.479 e. The summed E-state index contributed by atoms with van der Waals surface area (Å²) in [5.41, 5.74) is 4.20. The Morgan fingerprint density at radius 3 is 2.43 bits per heavy atom. The van der Waals surface area contributed by atoms with Crippen molar-refractivity contribution in [1.82, 2.24) is 19.5 Å². The van der Waals surface area contributed by atoms with E-state index < -0.39 is 36.3 Å². The third-order valence-electron chi connectivity index (χ3n) is 6.84. The average Bonchev–Trinajstić information content (AvgIpc) is 3.61. The summed E-state index contributed by atoms with van der Waals surface area (Å²) in [7, 11) is 0. The van der Waals surface area contributed by atoms with Gasteiger partial charge in [0.2, 0.25) is 0 Å². The van der Waals surface area contributed by atoms with Crippen LogP contribution in [0.5, 0.6) is 0 Å². The van der Waals surface area contributed by atoms with E-state index in [1.807, 2.05) is 42.5 Å². The maximum absolute atomic E-state index is 12.1. The highest BCUT2D eigenvalue weighted by molar-refractivity contribution is 5.85. The maximum Gasteiger partial charge on any atom is 0.335 e. The average molecular weight is 471 g/mol. The van der Waals surface area contributed by atoms with Crippen LogP contribution in [0.15, 0.2) is 67.3 Å². The number of benzene rings is 2. The van der Waals surface area contributed by atoms with Gasteiger partial charge in [0.1, 0.15) is 18.5 Å². The molecule has 4 heterocycles. The number of hydrogen-bond donors (Lipinski definition) is 2. The van der Waals surface area contributed by atoms with Crippen molar-refractivity contribution in [2.24, 2.45) is 0 Å². The van der Waals surface area contributed by atoms with Crippen LogP contribution in [0.1, 0.15) is 17.4 Å². The number of imidazole rings is 1. The van der Waals surface area contributed by atoms with Gasteiger partial charge in [0.25, 0.3) is 0 Å². The molecule has 7 rings (SSSR count). The van der Waals surface area contributed by atoms with Gasteiger partial charge in [0, 0.05) is 18.5 Å². The molecule has 4 atom stereocenters. The molecule has 4 aromatic rings. The molecule has 2 N–H and O–H groups in total. The lowest BCUT2D eigenvalue weighted by molar-refractivity contribution is -0.214. The van der Waals surface area contributed by atoms with Crippen molar-refractivity contribution < 1.29 is 24.1 Å². The molecule has 2 fully saturated rings. The van der Waals surface area contributed by atoms with Crippen molar-refractivity contribution in [1.29, 1.82) is 0 Å². The highest BCUT2D eigenvalue weighted by atomic mass is 16.8. The van der Waals surface area contributed by atoms with Crippen LogP contribution in [0, 0.1) is 0 Å². The number of rotatable bonds is 4. The third-order valence-corrected chi connectivity index (χ3v) is 6.84. The molecule has 0 amide bonds. The monoisotopic (exact) mass is 471 g/mol. The van der Waals surface area contributed by atoms with Crippen molar-refractivity contribution in [3.05, 3.63) is 78.4 Å². The van der Waals surface area contributed by atoms with Gasteiger partial charge in [0.05, 0.1) is 6.33 Å². The Morgan fingerprint density at radius 1 is 0.971 bits per heavy atom. The molecule has 2 saturated heterocycles. The molecule has 2 aromatic carbocycles. The molecule has 1 unspecified atom stereocenters. The Labute approximate surface area is 199 Å². The predicted molar refractivity (Wildman–Crippen MR) is 123 cm³/mol. The summed E-state index contributed by atoms with van der Waals surface area (Å²) < 4.78 is 20.5. The molecule has 10 nitrogen and oxygen atoms in total. The van der Waals surface area contributed by atoms with Crippen molar-refractivity contribution in [2.45, 2.75) is 43.2 Å². The van der Waals surface area contributed by atoms with Gasteiger partial charge in [-0.3, -0.25) is 4.57 Å². The number of hydrogen-bond acceptors (Lipinski definition) is 8. The molecule has 2 aromatic heterocycles. The van der Waals surface area contributed by atoms with Crippen molar-refractivity contribution in [3.8, 4) is 0 Å². The van der Waals surface area contributed by atoms with E-state index in [0.717, 1.165) is 16.8 Å². The number of aliphatic carboxylic acids is 1. The van der Waals surface area contributed by atoms with Gasteiger partial charge in [-0.05, 0) is 23.3 Å². The van der Waals surface area contributed by atoms with Gasteiger partial charge in [-0.1, -0.05) is 42.5 Å². The Kier molecular flexibility index (Phi) is 4.44. The van der Waals surface area contributed by atoms with Gasteiger partial charge >= 0.3 is 5.97 Å². The first-order chi connectivity index (χ1) is 17.1. The minimum absolute atomic E-state index is 0.507. The summed E-state index contributed by atoms with van der Waals surface area (Å²) in [5, 5.41) is 13.1. The number of carboxylic acids is 1. The highest BCUT2D eigenvalue weighted by Gasteiger charge is 2.62. The molecule has 3 aliphatic rings. The molecule has 1 aliphatic carbocycles. The molecular formula is C25H21N5O5. The van der Waals surface area contributed by atoms with E-state index in [2.05, 4.69) is 32.4 Å².